The molecule has 0 radical (unpaired) electrons. The Hall–Kier alpha value is -0.420. The van der Waals surface area contributed by atoms with Crippen LogP contribution in [-0.4, -0.2) is 43.8 Å². The summed E-state index contributed by atoms with van der Waals surface area (Å²) in [4.78, 5) is 11.2. The van der Waals surface area contributed by atoms with Gasteiger partial charge in [-0.1, -0.05) is 0 Å². The average Bonchev–Trinajstić information content (AvgIpc) is 2.57. The van der Waals surface area contributed by atoms with Gasteiger partial charge in [0.2, 0.25) is 0 Å². The first kappa shape index (κ1) is 10.7. The molecule has 0 bridgehead atoms. The van der Waals surface area contributed by atoms with E-state index in [1.807, 2.05) is 6.26 Å². The van der Waals surface area contributed by atoms with Gasteiger partial charge in [0.15, 0.2) is 0 Å². The van der Waals surface area contributed by atoms with Gasteiger partial charge in [0.1, 0.15) is 0 Å². The number of hydrogen-bond acceptors (Lipinski definition) is 3. The van der Waals surface area contributed by atoms with Gasteiger partial charge in [0.05, 0.1) is 12.6 Å². The van der Waals surface area contributed by atoms with Crippen LogP contribution >= 0.6 is 11.8 Å². The molecule has 0 aromatic rings. The molecule has 0 spiro atoms. The summed E-state index contributed by atoms with van der Waals surface area (Å²) in [7, 11) is 0. The molecule has 0 aliphatic carbocycles. The van der Waals surface area contributed by atoms with Crippen LogP contribution in [0.15, 0.2) is 0 Å². The Morgan fingerprint density at radius 2 is 2.54 bits per heavy atom. The van der Waals surface area contributed by atoms with Crippen LogP contribution in [0.4, 0.5) is 4.79 Å². The van der Waals surface area contributed by atoms with Crippen LogP contribution in [0.5, 0.6) is 0 Å². The third-order valence-corrected chi connectivity index (χ3v) is 2.47. The molecule has 5 heteroatoms. The Morgan fingerprint density at radius 3 is 3.15 bits per heavy atom. The summed E-state index contributed by atoms with van der Waals surface area (Å²) in [5.74, 6) is 0.953. The summed E-state index contributed by atoms with van der Waals surface area (Å²) in [5.41, 5.74) is 0. The fourth-order valence-electron chi connectivity index (χ4n) is 1.15. The van der Waals surface area contributed by atoms with Crippen LogP contribution in [0.25, 0.3) is 0 Å². The topological polar surface area (TPSA) is 50.4 Å². The SMILES string of the molecule is CSCCNC(=O)NC1CCOC1. The molecular formula is C8H16N2O2S. The largest absolute Gasteiger partial charge is 0.379 e. The fraction of sp³-hybridized carbons (Fsp3) is 0.875. The summed E-state index contributed by atoms with van der Waals surface area (Å²) in [5, 5.41) is 5.64. The van der Waals surface area contributed by atoms with Crippen molar-refractivity contribution in [2.24, 2.45) is 0 Å². The Morgan fingerprint density at radius 1 is 1.69 bits per heavy atom. The lowest BCUT2D eigenvalue weighted by atomic mass is 10.3. The second-order valence-electron chi connectivity index (χ2n) is 2.95. The first-order valence-corrected chi connectivity index (χ1v) is 5.83. The summed E-state index contributed by atoms with van der Waals surface area (Å²) in [6, 6.07) is 0.124. The van der Waals surface area contributed by atoms with E-state index in [2.05, 4.69) is 10.6 Å². The lowest BCUT2D eigenvalue weighted by Gasteiger charge is -2.11. The lowest BCUT2D eigenvalue weighted by Crippen LogP contribution is -2.43. The quantitative estimate of drug-likeness (QED) is 0.653. The maximum Gasteiger partial charge on any atom is 0.315 e. The second kappa shape index (κ2) is 6.10. The van der Waals surface area contributed by atoms with Crippen LogP contribution < -0.4 is 10.6 Å². The van der Waals surface area contributed by atoms with E-state index in [1.54, 1.807) is 11.8 Å². The first-order chi connectivity index (χ1) is 6.33. The number of carbonyl (C=O) groups is 1. The molecule has 0 aromatic heterocycles. The van der Waals surface area contributed by atoms with Crippen molar-refractivity contribution in [3.05, 3.63) is 0 Å². The van der Waals surface area contributed by atoms with E-state index in [0.717, 1.165) is 25.3 Å². The third-order valence-electron chi connectivity index (χ3n) is 1.86. The molecular weight excluding hydrogens is 188 g/mol. The summed E-state index contributed by atoms with van der Waals surface area (Å²) < 4.78 is 5.14. The fourth-order valence-corrected chi connectivity index (χ4v) is 1.46. The van der Waals surface area contributed by atoms with E-state index in [0.29, 0.717) is 6.61 Å². The molecule has 1 fully saturated rings. The van der Waals surface area contributed by atoms with Crippen LogP contribution in [0.3, 0.4) is 0 Å². The van der Waals surface area contributed by atoms with Gasteiger partial charge < -0.3 is 15.4 Å². The first-order valence-electron chi connectivity index (χ1n) is 4.44. The lowest BCUT2D eigenvalue weighted by molar-refractivity contribution is 0.188. The predicted octanol–water partition coefficient (Wildman–Crippen LogP) is 0.438. The minimum Gasteiger partial charge on any atom is -0.379 e. The number of thioether (sulfide) groups is 1. The van der Waals surface area contributed by atoms with E-state index in [1.165, 1.54) is 0 Å². The zero-order chi connectivity index (χ0) is 9.52. The number of amides is 2. The van der Waals surface area contributed by atoms with Crippen LogP contribution in [0, 0.1) is 0 Å². The van der Waals surface area contributed by atoms with Gasteiger partial charge in [-0.2, -0.15) is 11.8 Å². The molecule has 76 valence electrons. The van der Waals surface area contributed by atoms with Gasteiger partial charge in [-0.25, -0.2) is 4.79 Å². The molecule has 1 rings (SSSR count). The average molecular weight is 204 g/mol. The molecule has 2 amide bonds. The minimum absolute atomic E-state index is 0.0791. The normalized spacial score (nSPS) is 21.5. The highest BCUT2D eigenvalue weighted by Gasteiger charge is 2.16. The van der Waals surface area contributed by atoms with Crippen molar-refractivity contribution in [3.63, 3.8) is 0 Å². The molecule has 0 saturated carbocycles. The Kier molecular flexibility index (Phi) is 5.00. The Labute approximate surface area is 82.8 Å². The third kappa shape index (κ3) is 4.38. The molecule has 1 saturated heterocycles. The zero-order valence-electron chi connectivity index (χ0n) is 7.84. The molecule has 1 heterocycles. The van der Waals surface area contributed by atoms with Crippen molar-refractivity contribution in [2.75, 3.05) is 31.8 Å². The second-order valence-corrected chi connectivity index (χ2v) is 3.94. The Balaban J connectivity index is 2.02. The van der Waals surface area contributed by atoms with E-state index in [-0.39, 0.29) is 12.1 Å². The number of nitrogens with one attached hydrogen (secondary N) is 2. The highest BCUT2D eigenvalue weighted by Crippen LogP contribution is 2.02. The number of carbonyl (C=O) groups excluding carboxylic acids is 1. The zero-order valence-corrected chi connectivity index (χ0v) is 8.65. The summed E-state index contributed by atoms with van der Waals surface area (Å²) in [6.07, 6.45) is 2.94. The molecule has 13 heavy (non-hydrogen) atoms. The number of hydrogen-bond donors (Lipinski definition) is 2. The maximum absolute atomic E-state index is 11.2. The number of urea groups is 1. The van der Waals surface area contributed by atoms with E-state index >= 15 is 0 Å². The van der Waals surface area contributed by atoms with Crippen molar-refractivity contribution in [2.45, 2.75) is 12.5 Å². The van der Waals surface area contributed by atoms with Crippen molar-refractivity contribution in [1.29, 1.82) is 0 Å². The van der Waals surface area contributed by atoms with Crippen molar-refractivity contribution in [1.82, 2.24) is 10.6 Å². The number of ether oxygens (including phenoxy) is 1. The van der Waals surface area contributed by atoms with Crippen molar-refractivity contribution in [3.8, 4) is 0 Å². The molecule has 1 unspecified atom stereocenters. The van der Waals surface area contributed by atoms with E-state index < -0.39 is 0 Å². The standard InChI is InChI=1S/C8H16N2O2S/c1-13-5-3-9-8(11)10-7-2-4-12-6-7/h7H,2-6H2,1H3,(H2,9,10,11). The Bertz CT molecular complexity index is 160. The van der Waals surface area contributed by atoms with E-state index in [4.69, 9.17) is 4.74 Å². The summed E-state index contributed by atoms with van der Waals surface area (Å²) >= 11 is 1.72. The number of rotatable bonds is 4. The smallest absolute Gasteiger partial charge is 0.315 e. The van der Waals surface area contributed by atoms with Crippen molar-refractivity contribution >= 4 is 17.8 Å². The summed E-state index contributed by atoms with van der Waals surface area (Å²) in [6.45, 7) is 2.13. The van der Waals surface area contributed by atoms with Gasteiger partial charge in [-0.05, 0) is 12.7 Å². The highest BCUT2D eigenvalue weighted by atomic mass is 32.2. The van der Waals surface area contributed by atoms with Crippen LogP contribution in [0.1, 0.15) is 6.42 Å². The van der Waals surface area contributed by atoms with Crippen LogP contribution in [-0.2, 0) is 4.74 Å². The van der Waals surface area contributed by atoms with Gasteiger partial charge in [-0.3, -0.25) is 0 Å². The predicted molar refractivity (Wildman–Crippen MR) is 54.1 cm³/mol. The molecule has 4 nitrogen and oxygen atoms in total. The van der Waals surface area contributed by atoms with E-state index in [9.17, 15) is 4.79 Å². The van der Waals surface area contributed by atoms with Crippen molar-refractivity contribution < 1.29 is 9.53 Å². The van der Waals surface area contributed by atoms with Gasteiger partial charge >= 0.3 is 6.03 Å². The molecule has 1 atom stereocenters. The van der Waals surface area contributed by atoms with Gasteiger partial charge in [-0.15, -0.1) is 0 Å². The maximum atomic E-state index is 11.2. The minimum atomic E-state index is -0.0791. The van der Waals surface area contributed by atoms with Crippen LogP contribution in [0.2, 0.25) is 0 Å². The van der Waals surface area contributed by atoms with Gasteiger partial charge in [0, 0.05) is 18.9 Å². The molecule has 1 aliphatic rings. The monoisotopic (exact) mass is 204 g/mol. The highest BCUT2D eigenvalue weighted by molar-refractivity contribution is 7.98. The molecule has 2 N–H and O–H groups in total. The molecule has 0 aromatic carbocycles. The van der Waals surface area contributed by atoms with Gasteiger partial charge in [0.25, 0.3) is 0 Å². The molecule has 1 aliphatic heterocycles.